The van der Waals surface area contributed by atoms with E-state index in [1.165, 1.54) is 0 Å². The normalized spacial score (nSPS) is 13.1. The van der Waals surface area contributed by atoms with E-state index in [-0.39, 0.29) is 22.7 Å². The maximum Gasteiger partial charge on any atom is 0.191 e. The Morgan fingerprint density at radius 1 is 1.57 bits per heavy atom. The van der Waals surface area contributed by atoms with Crippen LogP contribution >= 0.6 is 8.03 Å². The fraction of sp³-hybridized carbons (Fsp3) is 1.00. The third kappa shape index (κ3) is 6.71. The second-order valence-electron chi connectivity index (χ2n) is 1.49. The van der Waals surface area contributed by atoms with Crippen molar-refractivity contribution in [2.45, 2.75) is 19.5 Å². The van der Waals surface area contributed by atoms with Gasteiger partial charge in [-0.25, -0.2) is 0 Å². The summed E-state index contributed by atoms with van der Waals surface area (Å²) < 4.78 is 9.88. The fourth-order valence-electron chi connectivity index (χ4n) is 0. The molecule has 1 N–H and O–H groups in total. The molecular formula is C3H9FeO2P. The number of hydrogen-bond acceptors (Lipinski definition) is 1. The molecule has 7 heavy (non-hydrogen) atoms. The van der Waals surface area contributed by atoms with Gasteiger partial charge in [-0.1, -0.05) is 13.8 Å². The molecule has 0 aromatic heterocycles. The third-order valence-corrected chi connectivity index (χ3v) is 1.48. The van der Waals surface area contributed by atoms with E-state index >= 15 is 0 Å². The topological polar surface area (TPSA) is 37.3 Å². The predicted octanol–water partition coefficient (Wildman–Crippen LogP) is 0.859. The van der Waals surface area contributed by atoms with Gasteiger partial charge in [0.15, 0.2) is 8.03 Å². The molecule has 4 heteroatoms. The molecule has 2 nitrogen and oxygen atoms in total. The molecule has 46 valence electrons. The van der Waals surface area contributed by atoms with Gasteiger partial charge in [0, 0.05) is 22.7 Å². The standard InChI is InChI=1S/C3H9O2P.Fe/c1-3(2)6(4)5;/h3,6H,1-2H3,(H,4,5);. The minimum atomic E-state index is -2.20. The average molecular weight is 164 g/mol. The summed E-state index contributed by atoms with van der Waals surface area (Å²) in [5.41, 5.74) is -0.0463. The molecule has 0 radical (unpaired) electrons. The SMILES string of the molecule is CC(C)[PH](=O)O.[Fe]. The van der Waals surface area contributed by atoms with E-state index in [4.69, 9.17) is 4.89 Å². The van der Waals surface area contributed by atoms with Crippen molar-refractivity contribution < 1.29 is 26.5 Å². The van der Waals surface area contributed by atoms with E-state index < -0.39 is 8.03 Å². The molecule has 0 heterocycles. The summed E-state index contributed by atoms with van der Waals surface area (Å²) in [6, 6.07) is 0. The molecule has 1 unspecified atom stereocenters. The Labute approximate surface area is 54.7 Å². The Morgan fingerprint density at radius 3 is 1.71 bits per heavy atom. The molecule has 0 aromatic rings. The van der Waals surface area contributed by atoms with Crippen LogP contribution in [0.3, 0.4) is 0 Å². The summed E-state index contributed by atoms with van der Waals surface area (Å²) >= 11 is 0. The molecule has 0 amide bonds. The van der Waals surface area contributed by atoms with Crippen LogP contribution in [0.25, 0.3) is 0 Å². The van der Waals surface area contributed by atoms with Crippen LogP contribution in [-0.2, 0) is 21.6 Å². The summed E-state index contributed by atoms with van der Waals surface area (Å²) in [5, 5.41) is 0. The van der Waals surface area contributed by atoms with Crippen molar-refractivity contribution in [3.05, 3.63) is 0 Å². The van der Waals surface area contributed by atoms with E-state index in [1.54, 1.807) is 13.8 Å². The zero-order valence-corrected chi connectivity index (χ0v) is 6.39. The van der Waals surface area contributed by atoms with Crippen LogP contribution in [0.1, 0.15) is 13.8 Å². The average Bonchev–Trinajstić information content (AvgIpc) is 1.36. The first-order chi connectivity index (χ1) is 2.64. The minimum absolute atomic E-state index is 0. The fourth-order valence-corrected chi connectivity index (χ4v) is 0. The van der Waals surface area contributed by atoms with Gasteiger partial charge >= 0.3 is 0 Å². The Kier molecular flexibility index (Phi) is 7.39. The van der Waals surface area contributed by atoms with E-state index in [0.717, 1.165) is 0 Å². The molecule has 0 aliphatic rings. The second-order valence-corrected chi connectivity index (χ2v) is 3.32. The van der Waals surface area contributed by atoms with Crippen molar-refractivity contribution in [1.29, 1.82) is 0 Å². The van der Waals surface area contributed by atoms with Gasteiger partial charge in [-0.15, -0.1) is 0 Å². The van der Waals surface area contributed by atoms with Crippen LogP contribution in [-0.4, -0.2) is 10.6 Å². The smallest absolute Gasteiger partial charge is 0.191 e. The Bertz CT molecular complexity index is 64.0. The Balaban J connectivity index is 0. The monoisotopic (exact) mass is 164 g/mol. The summed E-state index contributed by atoms with van der Waals surface area (Å²) in [6.45, 7) is 3.45. The molecule has 0 saturated carbocycles. The number of hydrogen-bond donors (Lipinski definition) is 1. The van der Waals surface area contributed by atoms with Crippen LogP contribution in [0.5, 0.6) is 0 Å². The zero-order valence-electron chi connectivity index (χ0n) is 4.29. The second kappa shape index (κ2) is 4.86. The summed E-state index contributed by atoms with van der Waals surface area (Å²) in [4.78, 5) is 8.18. The van der Waals surface area contributed by atoms with Gasteiger partial charge in [0.25, 0.3) is 0 Å². The summed E-state index contributed by atoms with van der Waals surface area (Å²) in [6.07, 6.45) is 0. The first-order valence-electron chi connectivity index (χ1n) is 1.87. The van der Waals surface area contributed by atoms with E-state index in [1.807, 2.05) is 0 Å². The maximum atomic E-state index is 9.88. The molecular weight excluding hydrogens is 155 g/mol. The van der Waals surface area contributed by atoms with Gasteiger partial charge in [0.1, 0.15) is 0 Å². The van der Waals surface area contributed by atoms with Crippen LogP contribution in [0.4, 0.5) is 0 Å². The van der Waals surface area contributed by atoms with Gasteiger partial charge in [0.2, 0.25) is 0 Å². The van der Waals surface area contributed by atoms with Gasteiger partial charge in [-0.2, -0.15) is 0 Å². The van der Waals surface area contributed by atoms with Gasteiger partial charge in [-0.05, 0) is 0 Å². The van der Waals surface area contributed by atoms with Crippen molar-refractivity contribution in [2.75, 3.05) is 0 Å². The molecule has 0 aromatic carbocycles. The van der Waals surface area contributed by atoms with Gasteiger partial charge in [0.05, 0.1) is 0 Å². The minimum Gasteiger partial charge on any atom is -0.346 e. The quantitative estimate of drug-likeness (QED) is 0.460. The van der Waals surface area contributed by atoms with Gasteiger partial charge in [-0.3, -0.25) is 4.57 Å². The largest absolute Gasteiger partial charge is 0.346 e. The molecule has 0 rings (SSSR count). The van der Waals surface area contributed by atoms with Crippen LogP contribution in [0.15, 0.2) is 0 Å². The molecule has 0 spiro atoms. The van der Waals surface area contributed by atoms with Crippen molar-refractivity contribution >= 4 is 8.03 Å². The molecule has 0 aliphatic carbocycles. The van der Waals surface area contributed by atoms with E-state index in [9.17, 15) is 4.57 Å². The van der Waals surface area contributed by atoms with Crippen molar-refractivity contribution in [1.82, 2.24) is 0 Å². The number of rotatable bonds is 1. The maximum absolute atomic E-state index is 9.88. The summed E-state index contributed by atoms with van der Waals surface area (Å²) in [5.74, 6) is 0. The first kappa shape index (κ1) is 10.6. The van der Waals surface area contributed by atoms with Crippen molar-refractivity contribution in [3.63, 3.8) is 0 Å². The first-order valence-corrected chi connectivity index (χ1v) is 3.30. The van der Waals surface area contributed by atoms with Crippen LogP contribution in [0.2, 0.25) is 0 Å². The van der Waals surface area contributed by atoms with Gasteiger partial charge < -0.3 is 4.89 Å². The zero-order chi connectivity index (χ0) is 5.15. The van der Waals surface area contributed by atoms with Crippen molar-refractivity contribution in [3.8, 4) is 0 Å². The van der Waals surface area contributed by atoms with Crippen LogP contribution in [0, 0.1) is 0 Å². The van der Waals surface area contributed by atoms with E-state index in [2.05, 4.69) is 0 Å². The molecule has 0 bridgehead atoms. The van der Waals surface area contributed by atoms with E-state index in [0.29, 0.717) is 0 Å². The molecule has 0 aliphatic heterocycles. The molecule has 1 atom stereocenters. The van der Waals surface area contributed by atoms with Crippen LogP contribution < -0.4 is 0 Å². The van der Waals surface area contributed by atoms with Crippen molar-refractivity contribution in [2.24, 2.45) is 0 Å². The molecule has 0 saturated heterocycles. The summed E-state index contributed by atoms with van der Waals surface area (Å²) in [7, 11) is -2.20. The Morgan fingerprint density at radius 2 is 1.71 bits per heavy atom. The predicted molar refractivity (Wildman–Crippen MR) is 26.4 cm³/mol. The third-order valence-electron chi connectivity index (χ3n) is 0.494. The Hall–Kier alpha value is 0.709. The molecule has 0 fully saturated rings.